The van der Waals surface area contributed by atoms with E-state index in [9.17, 15) is 29.4 Å². The molecule has 8 nitrogen and oxygen atoms in total. The molecule has 27 heavy (non-hydrogen) atoms. The Kier molecular flexibility index (Phi) is 8.18. The topological polar surface area (TPSA) is 138 Å². The second kappa shape index (κ2) is 9.67. The largest absolute Gasteiger partial charge is 0.479 e. The first-order chi connectivity index (χ1) is 12.3. The molecule has 0 fully saturated rings. The zero-order valence-electron chi connectivity index (χ0n) is 13.6. The van der Waals surface area contributed by atoms with Gasteiger partial charge in [0.1, 0.15) is 0 Å². The number of benzene rings is 2. The van der Waals surface area contributed by atoms with E-state index in [1.807, 2.05) is 0 Å². The fourth-order valence-corrected chi connectivity index (χ4v) is 2.24. The minimum absolute atomic E-state index is 0. The van der Waals surface area contributed by atoms with Gasteiger partial charge in [0.05, 0.1) is 5.56 Å². The number of esters is 1. The molecule has 0 aromatic heterocycles. The van der Waals surface area contributed by atoms with Crippen molar-refractivity contribution in [3.8, 4) is 0 Å². The van der Waals surface area contributed by atoms with Gasteiger partial charge in [0.15, 0.2) is 0 Å². The van der Waals surface area contributed by atoms with Gasteiger partial charge in [-0.2, -0.15) is 0 Å². The van der Waals surface area contributed by atoms with Gasteiger partial charge in [0.2, 0.25) is 11.9 Å². The Bertz CT molecular complexity index is 837. The molecule has 3 N–H and O–H groups in total. The van der Waals surface area contributed by atoms with E-state index in [2.05, 4.69) is 0 Å². The van der Waals surface area contributed by atoms with Crippen molar-refractivity contribution < 1.29 is 79.6 Å². The summed E-state index contributed by atoms with van der Waals surface area (Å²) in [6.07, 6.45) is -2.82. The molecule has 2 rings (SSSR count). The number of carboxylic acid groups (broad SMARTS) is 2. The zero-order valence-corrected chi connectivity index (χ0v) is 16.3. The predicted molar refractivity (Wildman–Crippen MR) is 86.6 cm³/mol. The molecule has 9 heteroatoms. The summed E-state index contributed by atoms with van der Waals surface area (Å²) in [6, 6.07) is 13.9. The summed E-state index contributed by atoms with van der Waals surface area (Å²) < 4.78 is 4.81. The standard InChI is InChI=1S/C18H14O8.Sm/c19-13(11-7-3-1-4-8-11)18(17(24)25,14(20)15(21)22)26-16(23)12-9-5-2-6-10-12;/h1-10,14,20H,(H,21,22)(H,24,25);. The smallest absolute Gasteiger partial charge is 0.360 e. The monoisotopic (exact) mass is 510 g/mol. The van der Waals surface area contributed by atoms with Gasteiger partial charge in [0, 0.05) is 46.0 Å². The van der Waals surface area contributed by atoms with E-state index in [1.54, 1.807) is 12.1 Å². The van der Waals surface area contributed by atoms with E-state index >= 15 is 0 Å². The summed E-state index contributed by atoms with van der Waals surface area (Å²) >= 11 is 0. The molecule has 0 aliphatic carbocycles. The summed E-state index contributed by atoms with van der Waals surface area (Å²) in [4.78, 5) is 48.1. The zero-order chi connectivity index (χ0) is 19.3. The minimum Gasteiger partial charge on any atom is -0.479 e. The first-order valence-corrected chi connectivity index (χ1v) is 7.33. The summed E-state index contributed by atoms with van der Waals surface area (Å²) in [7, 11) is 0. The van der Waals surface area contributed by atoms with Gasteiger partial charge in [0.25, 0.3) is 0 Å². The molecule has 0 saturated heterocycles. The Morgan fingerprint density at radius 3 is 1.67 bits per heavy atom. The maximum atomic E-state index is 12.7. The Labute approximate surface area is 185 Å². The van der Waals surface area contributed by atoms with Crippen LogP contribution in [0.4, 0.5) is 0 Å². The fraction of sp³-hybridized carbons (Fsp3) is 0.111. The van der Waals surface area contributed by atoms with Crippen molar-refractivity contribution in [1.82, 2.24) is 0 Å². The summed E-state index contributed by atoms with van der Waals surface area (Å²) in [6.45, 7) is 0. The number of carbonyl (C=O) groups excluding carboxylic acids is 2. The molecule has 0 aliphatic heterocycles. The summed E-state index contributed by atoms with van der Waals surface area (Å²) in [5.41, 5.74) is -3.70. The number of carboxylic acids is 2. The van der Waals surface area contributed by atoms with Crippen LogP contribution in [0.5, 0.6) is 0 Å². The predicted octanol–water partition coefficient (Wildman–Crippen LogP) is 0.995. The Balaban J connectivity index is 0.00000364. The quantitative estimate of drug-likeness (QED) is 0.286. The van der Waals surface area contributed by atoms with Gasteiger partial charge >= 0.3 is 23.5 Å². The molecule has 0 saturated carbocycles. The number of aliphatic hydroxyl groups is 1. The number of Topliss-reactive ketones (excluding diaryl/α,β-unsaturated/α-hetero) is 1. The molecule has 2 aromatic carbocycles. The second-order valence-corrected chi connectivity index (χ2v) is 5.23. The third-order valence-corrected chi connectivity index (χ3v) is 3.57. The first kappa shape index (κ1) is 22.9. The Morgan fingerprint density at radius 1 is 0.815 bits per heavy atom. The maximum Gasteiger partial charge on any atom is 0.360 e. The van der Waals surface area contributed by atoms with Crippen LogP contribution in [-0.2, 0) is 14.3 Å². The number of aliphatic hydroxyl groups excluding tert-OH is 1. The molecule has 2 unspecified atom stereocenters. The molecule has 0 amide bonds. The van der Waals surface area contributed by atoms with Gasteiger partial charge in [-0.15, -0.1) is 0 Å². The number of ketones is 1. The number of ether oxygens (including phenoxy) is 1. The van der Waals surface area contributed by atoms with E-state index in [0.717, 1.165) is 0 Å². The van der Waals surface area contributed by atoms with Crippen molar-refractivity contribution in [1.29, 1.82) is 0 Å². The SMILES string of the molecule is O=C(OC(C(=O)O)(C(=O)c1ccccc1)C(O)C(=O)O)c1ccccc1.[Sm]. The number of rotatable bonds is 7. The number of hydrogen-bond acceptors (Lipinski definition) is 6. The van der Waals surface area contributed by atoms with Crippen LogP contribution in [0.2, 0.25) is 0 Å². The number of carbonyl (C=O) groups is 4. The van der Waals surface area contributed by atoms with Gasteiger partial charge in [-0.05, 0) is 12.1 Å². The van der Waals surface area contributed by atoms with E-state index < -0.39 is 35.4 Å². The van der Waals surface area contributed by atoms with Crippen LogP contribution < -0.4 is 0 Å². The molecule has 0 heterocycles. The molecule has 2 aromatic rings. The van der Waals surface area contributed by atoms with Crippen LogP contribution in [0.15, 0.2) is 60.7 Å². The van der Waals surface area contributed by atoms with E-state index in [-0.39, 0.29) is 51.5 Å². The van der Waals surface area contributed by atoms with Crippen molar-refractivity contribution >= 4 is 23.7 Å². The van der Waals surface area contributed by atoms with E-state index in [4.69, 9.17) is 9.84 Å². The molecular weight excluding hydrogens is 495 g/mol. The van der Waals surface area contributed by atoms with Crippen LogP contribution >= 0.6 is 0 Å². The molecule has 2 atom stereocenters. The number of hydrogen-bond donors (Lipinski definition) is 3. The third kappa shape index (κ3) is 4.76. The van der Waals surface area contributed by atoms with Crippen LogP contribution in [-0.4, -0.2) is 50.7 Å². The summed E-state index contributed by atoms with van der Waals surface area (Å²) in [5.74, 6) is -6.77. The normalized spacial score (nSPS) is 13.4. The van der Waals surface area contributed by atoms with Crippen molar-refractivity contribution in [2.24, 2.45) is 0 Å². The van der Waals surface area contributed by atoms with Crippen LogP contribution in [0.25, 0.3) is 0 Å². The van der Waals surface area contributed by atoms with Crippen LogP contribution in [0.1, 0.15) is 20.7 Å². The molecule has 0 aliphatic rings. The Hall–Kier alpha value is -2.18. The van der Waals surface area contributed by atoms with Crippen molar-refractivity contribution in [2.75, 3.05) is 0 Å². The van der Waals surface area contributed by atoms with Crippen molar-refractivity contribution in [2.45, 2.75) is 11.7 Å². The van der Waals surface area contributed by atoms with Gasteiger partial charge in [-0.1, -0.05) is 48.5 Å². The average Bonchev–Trinajstić information content (AvgIpc) is 2.65. The second-order valence-electron chi connectivity index (χ2n) is 5.23. The van der Waals surface area contributed by atoms with Crippen molar-refractivity contribution in [3.63, 3.8) is 0 Å². The van der Waals surface area contributed by atoms with Crippen LogP contribution in [0.3, 0.4) is 0 Å². The Morgan fingerprint density at radius 2 is 1.26 bits per heavy atom. The minimum atomic E-state index is -3.35. The third-order valence-electron chi connectivity index (χ3n) is 3.57. The number of aliphatic carboxylic acids is 2. The van der Waals surface area contributed by atoms with Crippen LogP contribution in [0, 0.1) is 40.4 Å². The van der Waals surface area contributed by atoms with E-state index in [1.165, 1.54) is 48.5 Å². The molecule has 0 bridgehead atoms. The van der Waals surface area contributed by atoms with Gasteiger partial charge in [-0.25, -0.2) is 14.4 Å². The average molecular weight is 509 g/mol. The van der Waals surface area contributed by atoms with Gasteiger partial charge < -0.3 is 20.1 Å². The van der Waals surface area contributed by atoms with E-state index in [0.29, 0.717) is 0 Å². The molecule has 0 radical (unpaired) electrons. The van der Waals surface area contributed by atoms with Crippen molar-refractivity contribution in [3.05, 3.63) is 71.8 Å². The molecule has 0 spiro atoms. The maximum absolute atomic E-state index is 12.7. The first-order valence-electron chi connectivity index (χ1n) is 7.33. The fourth-order valence-electron chi connectivity index (χ4n) is 2.24. The summed E-state index contributed by atoms with van der Waals surface area (Å²) in [5, 5.41) is 28.6. The molecular formula is C18H14O8Sm. The molecule has 140 valence electrons. The van der Waals surface area contributed by atoms with Gasteiger partial charge in [-0.3, -0.25) is 4.79 Å².